The summed E-state index contributed by atoms with van der Waals surface area (Å²) in [7, 11) is 3.52. The summed E-state index contributed by atoms with van der Waals surface area (Å²) in [6, 6.07) is 6.13. The normalized spacial score (nSPS) is 11.3. The maximum absolute atomic E-state index is 11.6. The molecule has 118 valence electrons. The number of ether oxygens (including phenoxy) is 1. The van der Waals surface area contributed by atoms with E-state index in [2.05, 4.69) is 32.2 Å². The zero-order chi connectivity index (χ0) is 16.0. The molecular weight excluding hydrogens is 264 g/mol. The van der Waals surface area contributed by atoms with Gasteiger partial charge < -0.3 is 15.0 Å². The molecule has 0 atom stereocenters. The molecule has 0 saturated carbocycles. The lowest BCUT2D eigenvalue weighted by Crippen LogP contribution is -2.35. The minimum absolute atomic E-state index is 0.0574. The molecule has 0 aromatic heterocycles. The van der Waals surface area contributed by atoms with E-state index in [-0.39, 0.29) is 11.4 Å². The van der Waals surface area contributed by atoms with Gasteiger partial charge in [-0.25, -0.2) is 0 Å². The molecule has 0 aliphatic rings. The van der Waals surface area contributed by atoms with Gasteiger partial charge in [0.2, 0.25) is 5.91 Å². The summed E-state index contributed by atoms with van der Waals surface area (Å²) >= 11 is 0. The summed E-state index contributed by atoms with van der Waals surface area (Å²) in [5, 5.41) is 3.47. The van der Waals surface area contributed by atoms with E-state index in [1.54, 1.807) is 19.0 Å². The molecule has 21 heavy (non-hydrogen) atoms. The zero-order valence-corrected chi connectivity index (χ0v) is 14.1. The van der Waals surface area contributed by atoms with Crippen LogP contribution < -0.4 is 10.1 Å². The monoisotopic (exact) mass is 292 g/mol. The number of aryl methyl sites for hydroxylation is 1. The van der Waals surface area contributed by atoms with Gasteiger partial charge in [-0.2, -0.15) is 0 Å². The Morgan fingerprint density at radius 2 is 1.95 bits per heavy atom. The van der Waals surface area contributed by atoms with Gasteiger partial charge in [0.05, 0.1) is 13.0 Å². The van der Waals surface area contributed by atoms with Crippen LogP contribution in [0.2, 0.25) is 0 Å². The second kappa shape index (κ2) is 7.46. The number of hydrogen-bond acceptors (Lipinski definition) is 3. The van der Waals surface area contributed by atoms with Crippen molar-refractivity contribution in [2.75, 3.05) is 20.7 Å². The molecule has 0 aliphatic heterocycles. The SMILES string of the molecule is Cc1cccc(CNC(C)(C)C)c1OCCC(=O)N(C)C. The Kier molecular flexibility index (Phi) is 6.21. The number of carbonyl (C=O) groups excluding carboxylic acids is 1. The van der Waals surface area contributed by atoms with Crippen LogP contribution >= 0.6 is 0 Å². The third-order valence-electron chi connectivity index (χ3n) is 3.16. The van der Waals surface area contributed by atoms with E-state index in [0.717, 1.165) is 23.4 Å². The number of para-hydroxylation sites is 1. The van der Waals surface area contributed by atoms with Crippen LogP contribution in [-0.4, -0.2) is 37.0 Å². The van der Waals surface area contributed by atoms with E-state index in [4.69, 9.17) is 4.74 Å². The molecule has 4 nitrogen and oxygen atoms in total. The van der Waals surface area contributed by atoms with Crippen molar-refractivity contribution in [2.24, 2.45) is 0 Å². The second-order valence-electron chi connectivity index (χ2n) is 6.55. The number of nitrogens with one attached hydrogen (secondary N) is 1. The van der Waals surface area contributed by atoms with Crippen molar-refractivity contribution >= 4 is 5.91 Å². The minimum Gasteiger partial charge on any atom is -0.492 e. The molecule has 1 N–H and O–H groups in total. The van der Waals surface area contributed by atoms with Crippen LogP contribution in [0.25, 0.3) is 0 Å². The van der Waals surface area contributed by atoms with Gasteiger partial charge in [-0.3, -0.25) is 4.79 Å². The Hall–Kier alpha value is -1.55. The summed E-state index contributed by atoms with van der Waals surface area (Å²) in [6.45, 7) is 9.60. The fourth-order valence-electron chi connectivity index (χ4n) is 1.88. The third kappa shape index (κ3) is 6.17. The molecule has 0 bridgehead atoms. The molecule has 4 heteroatoms. The van der Waals surface area contributed by atoms with Crippen LogP contribution in [0.5, 0.6) is 5.75 Å². The smallest absolute Gasteiger partial charge is 0.225 e. The Labute approximate surface area is 128 Å². The standard InChI is InChI=1S/C17H28N2O2/c1-13-8-7-9-14(12-18-17(2,3)4)16(13)21-11-10-15(20)19(5)6/h7-9,18H,10-12H2,1-6H3. The molecule has 1 aromatic rings. The van der Waals surface area contributed by atoms with Gasteiger partial charge in [-0.1, -0.05) is 18.2 Å². The highest BCUT2D eigenvalue weighted by Crippen LogP contribution is 2.24. The highest BCUT2D eigenvalue weighted by Gasteiger charge is 2.13. The largest absolute Gasteiger partial charge is 0.492 e. The van der Waals surface area contributed by atoms with Crippen molar-refractivity contribution in [3.63, 3.8) is 0 Å². The topological polar surface area (TPSA) is 41.6 Å². The maximum atomic E-state index is 11.6. The molecule has 0 heterocycles. The minimum atomic E-state index is 0.0574. The van der Waals surface area contributed by atoms with E-state index in [0.29, 0.717) is 13.0 Å². The summed E-state index contributed by atoms with van der Waals surface area (Å²) < 4.78 is 5.87. The predicted octanol–water partition coefficient (Wildman–Crippen LogP) is 2.74. The molecule has 0 unspecified atom stereocenters. The molecule has 0 spiro atoms. The summed E-state index contributed by atoms with van der Waals surface area (Å²) in [6.07, 6.45) is 0.396. The fourth-order valence-corrected chi connectivity index (χ4v) is 1.88. The summed E-state index contributed by atoms with van der Waals surface area (Å²) in [5.74, 6) is 0.971. The van der Waals surface area contributed by atoms with Crippen molar-refractivity contribution in [1.82, 2.24) is 10.2 Å². The third-order valence-corrected chi connectivity index (χ3v) is 3.16. The van der Waals surface area contributed by atoms with Gasteiger partial charge in [0.1, 0.15) is 5.75 Å². The Morgan fingerprint density at radius 3 is 2.52 bits per heavy atom. The average Bonchev–Trinajstić information content (AvgIpc) is 2.37. The first-order valence-electron chi connectivity index (χ1n) is 7.37. The lowest BCUT2D eigenvalue weighted by molar-refractivity contribution is -0.129. The van der Waals surface area contributed by atoms with Crippen LogP contribution in [0.1, 0.15) is 38.3 Å². The van der Waals surface area contributed by atoms with Crippen molar-refractivity contribution in [1.29, 1.82) is 0 Å². The first-order valence-corrected chi connectivity index (χ1v) is 7.37. The van der Waals surface area contributed by atoms with Crippen LogP contribution in [0.4, 0.5) is 0 Å². The van der Waals surface area contributed by atoms with Crippen molar-refractivity contribution in [3.8, 4) is 5.75 Å². The maximum Gasteiger partial charge on any atom is 0.225 e. The highest BCUT2D eigenvalue weighted by atomic mass is 16.5. The van der Waals surface area contributed by atoms with Gasteiger partial charge >= 0.3 is 0 Å². The molecule has 1 aromatic carbocycles. The van der Waals surface area contributed by atoms with E-state index in [9.17, 15) is 4.79 Å². The molecular formula is C17H28N2O2. The van der Waals surface area contributed by atoms with Gasteiger partial charge in [-0.05, 0) is 33.3 Å². The molecule has 0 radical (unpaired) electrons. The van der Waals surface area contributed by atoms with Crippen LogP contribution in [-0.2, 0) is 11.3 Å². The predicted molar refractivity (Wildman–Crippen MR) is 86.6 cm³/mol. The Morgan fingerprint density at radius 1 is 1.29 bits per heavy atom. The van der Waals surface area contributed by atoms with E-state index < -0.39 is 0 Å². The van der Waals surface area contributed by atoms with Crippen LogP contribution in [0, 0.1) is 6.92 Å². The number of benzene rings is 1. The molecule has 1 rings (SSSR count). The average molecular weight is 292 g/mol. The van der Waals surface area contributed by atoms with Gasteiger partial charge in [0.15, 0.2) is 0 Å². The van der Waals surface area contributed by atoms with Crippen LogP contribution in [0.15, 0.2) is 18.2 Å². The quantitative estimate of drug-likeness (QED) is 0.876. The lowest BCUT2D eigenvalue weighted by atomic mass is 10.1. The van der Waals surface area contributed by atoms with Crippen molar-refractivity contribution < 1.29 is 9.53 Å². The molecule has 0 aliphatic carbocycles. The molecule has 0 saturated heterocycles. The van der Waals surface area contributed by atoms with E-state index in [1.165, 1.54) is 0 Å². The molecule has 0 fully saturated rings. The fraction of sp³-hybridized carbons (Fsp3) is 0.588. The molecule has 1 amide bonds. The van der Waals surface area contributed by atoms with E-state index >= 15 is 0 Å². The van der Waals surface area contributed by atoms with Gasteiger partial charge in [0.25, 0.3) is 0 Å². The lowest BCUT2D eigenvalue weighted by Gasteiger charge is -2.22. The number of amides is 1. The van der Waals surface area contributed by atoms with E-state index in [1.807, 2.05) is 19.1 Å². The Balaban J connectivity index is 2.69. The Bertz CT molecular complexity index is 476. The number of hydrogen-bond donors (Lipinski definition) is 1. The number of rotatable bonds is 6. The second-order valence-corrected chi connectivity index (χ2v) is 6.55. The van der Waals surface area contributed by atoms with Crippen molar-refractivity contribution in [3.05, 3.63) is 29.3 Å². The zero-order valence-electron chi connectivity index (χ0n) is 14.1. The summed E-state index contributed by atoms with van der Waals surface area (Å²) in [4.78, 5) is 13.2. The van der Waals surface area contributed by atoms with Crippen molar-refractivity contribution in [2.45, 2.75) is 46.2 Å². The first-order chi connectivity index (χ1) is 9.70. The van der Waals surface area contributed by atoms with Gasteiger partial charge in [0, 0.05) is 31.7 Å². The number of nitrogens with zero attached hydrogens (tertiary/aromatic N) is 1. The van der Waals surface area contributed by atoms with Crippen LogP contribution in [0.3, 0.4) is 0 Å². The van der Waals surface area contributed by atoms with Gasteiger partial charge in [-0.15, -0.1) is 0 Å². The number of carbonyl (C=O) groups is 1. The summed E-state index contributed by atoms with van der Waals surface area (Å²) in [5.41, 5.74) is 2.28. The highest BCUT2D eigenvalue weighted by molar-refractivity contribution is 5.75. The first kappa shape index (κ1) is 17.5.